The van der Waals surface area contributed by atoms with Gasteiger partial charge in [-0.25, -0.2) is 4.98 Å². The molecule has 0 amide bonds. The van der Waals surface area contributed by atoms with Crippen LogP contribution >= 0.6 is 11.3 Å². The summed E-state index contributed by atoms with van der Waals surface area (Å²) in [5.74, 6) is 2.02. The average molecular weight is 272 g/mol. The van der Waals surface area contributed by atoms with E-state index in [1.807, 2.05) is 23.6 Å². The quantitative estimate of drug-likeness (QED) is 0.719. The SMILES string of the molecule is COc1ccc(N)cc1-c1n[nH]c(-c2cccs2)n1. The zero-order valence-corrected chi connectivity index (χ0v) is 11.1. The highest BCUT2D eigenvalue weighted by Crippen LogP contribution is 2.31. The number of H-pyrrole nitrogens is 1. The molecule has 2 heterocycles. The van der Waals surface area contributed by atoms with Crippen LogP contribution in [0.1, 0.15) is 0 Å². The standard InChI is InChI=1S/C13H12N4OS/c1-18-10-5-4-8(14)7-9(10)12-15-13(17-16-12)11-3-2-6-19-11/h2-7H,14H2,1H3,(H,15,16,17). The Hall–Kier alpha value is -2.34. The molecule has 0 fully saturated rings. The van der Waals surface area contributed by atoms with Gasteiger partial charge in [0.05, 0.1) is 17.6 Å². The van der Waals surface area contributed by atoms with Gasteiger partial charge in [0.15, 0.2) is 11.6 Å². The second kappa shape index (κ2) is 4.74. The second-order valence-corrected chi connectivity index (χ2v) is 4.89. The van der Waals surface area contributed by atoms with Gasteiger partial charge in [-0.2, -0.15) is 5.10 Å². The van der Waals surface area contributed by atoms with E-state index in [9.17, 15) is 0 Å². The molecule has 0 unspecified atom stereocenters. The molecule has 0 spiro atoms. The summed E-state index contributed by atoms with van der Waals surface area (Å²) in [5.41, 5.74) is 7.23. The monoisotopic (exact) mass is 272 g/mol. The fourth-order valence-electron chi connectivity index (χ4n) is 1.81. The van der Waals surface area contributed by atoms with Crippen molar-refractivity contribution in [3.63, 3.8) is 0 Å². The Kier molecular flexibility index (Phi) is 2.92. The van der Waals surface area contributed by atoms with Crippen molar-refractivity contribution in [1.82, 2.24) is 15.2 Å². The van der Waals surface area contributed by atoms with Gasteiger partial charge < -0.3 is 10.5 Å². The summed E-state index contributed by atoms with van der Waals surface area (Å²) < 4.78 is 5.31. The fourth-order valence-corrected chi connectivity index (χ4v) is 2.47. The van der Waals surface area contributed by atoms with Crippen LogP contribution in [0.4, 0.5) is 5.69 Å². The maximum atomic E-state index is 5.80. The maximum Gasteiger partial charge on any atom is 0.185 e. The normalized spacial score (nSPS) is 10.6. The van der Waals surface area contributed by atoms with E-state index in [1.54, 1.807) is 30.6 Å². The Morgan fingerprint density at radius 2 is 2.21 bits per heavy atom. The molecule has 0 aliphatic carbocycles. The number of benzene rings is 1. The molecule has 0 bridgehead atoms. The van der Waals surface area contributed by atoms with Crippen LogP contribution in [0.3, 0.4) is 0 Å². The maximum absolute atomic E-state index is 5.80. The van der Waals surface area contributed by atoms with Crippen molar-refractivity contribution in [2.75, 3.05) is 12.8 Å². The van der Waals surface area contributed by atoms with Crippen molar-refractivity contribution in [3.05, 3.63) is 35.7 Å². The topological polar surface area (TPSA) is 76.8 Å². The van der Waals surface area contributed by atoms with Gasteiger partial charge in [-0.05, 0) is 29.6 Å². The average Bonchev–Trinajstić information content (AvgIpc) is 3.09. The smallest absolute Gasteiger partial charge is 0.185 e. The summed E-state index contributed by atoms with van der Waals surface area (Å²) in [6.07, 6.45) is 0. The van der Waals surface area contributed by atoms with Crippen LogP contribution in [-0.4, -0.2) is 22.3 Å². The molecule has 1 aromatic carbocycles. The highest BCUT2D eigenvalue weighted by molar-refractivity contribution is 7.13. The lowest BCUT2D eigenvalue weighted by Gasteiger charge is -2.05. The molecule has 0 aliphatic heterocycles. The van der Waals surface area contributed by atoms with Crippen LogP contribution in [0.15, 0.2) is 35.7 Å². The lowest BCUT2D eigenvalue weighted by molar-refractivity contribution is 0.416. The predicted molar refractivity (Wildman–Crippen MR) is 76.1 cm³/mol. The lowest BCUT2D eigenvalue weighted by Crippen LogP contribution is -1.92. The number of ether oxygens (including phenoxy) is 1. The minimum absolute atomic E-state index is 0.576. The molecular formula is C13H12N4OS. The first-order valence-corrected chi connectivity index (χ1v) is 6.56. The van der Waals surface area contributed by atoms with E-state index < -0.39 is 0 Å². The van der Waals surface area contributed by atoms with E-state index in [2.05, 4.69) is 15.2 Å². The van der Waals surface area contributed by atoms with Gasteiger partial charge in [0.1, 0.15) is 5.75 Å². The molecule has 0 saturated heterocycles. The Morgan fingerprint density at radius 1 is 1.32 bits per heavy atom. The molecule has 0 atom stereocenters. The van der Waals surface area contributed by atoms with Crippen molar-refractivity contribution < 1.29 is 4.74 Å². The molecule has 0 radical (unpaired) electrons. The van der Waals surface area contributed by atoms with Crippen molar-refractivity contribution in [2.45, 2.75) is 0 Å². The number of aromatic nitrogens is 3. The summed E-state index contributed by atoms with van der Waals surface area (Å²) in [5, 5.41) is 9.16. The highest BCUT2D eigenvalue weighted by atomic mass is 32.1. The zero-order valence-electron chi connectivity index (χ0n) is 10.3. The summed E-state index contributed by atoms with van der Waals surface area (Å²) in [6, 6.07) is 9.37. The molecular weight excluding hydrogens is 260 g/mol. The molecule has 3 rings (SSSR count). The second-order valence-electron chi connectivity index (χ2n) is 3.94. The summed E-state index contributed by atoms with van der Waals surface area (Å²) in [7, 11) is 1.61. The van der Waals surface area contributed by atoms with Gasteiger partial charge in [-0.1, -0.05) is 6.07 Å². The van der Waals surface area contributed by atoms with E-state index in [0.717, 1.165) is 16.3 Å². The molecule has 19 heavy (non-hydrogen) atoms. The Labute approximate surface area is 114 Å². The number of methoxy groups -OCH3 is 1. The van der Waals surface area contributed by atoms with E-state index in [0.29, 0.717) is 17.3 Å². The van der Waals surface area contributed by atoms with Gasteiger partial charge >= 0.3 is 0 Å². The van der Waals surface area contributed by atoms with Gasteiger partial charge in [-0.3, -0.25) is 5.10 Å². The van der Waals surface area contributed by atoms with E-state index in [1.165, 1.54) is 0 Å². The van der Waals surface area contributed by atoms with Crippen LogP contribution in [0.5, 0.6) is 5.75 Å². The van der Waals surface area contributed by atoms with Gasteiger partial charge in [0.25, 0.3) is 0 Å². The highest BCUT2D eigenvalue weighted by Gasteiger charge is 2.13. The number of hydrogen-bond acceptors (Lipinski definition) is 5. The molecule has 6 heteroatoms. The zero-order chi connectivity index (χ0) is 13.2. The summed E-state index contributed by atoms with van der Waals surface area (Å²) in [4.78, 5) is 5.52. The number of nitrogen functional groups attached to an aromatic ring is 1. The third-order valence-electron chi connectivity index (χ3n) is 2.70. The number of aromatic amines is 1. The number of anilines is 1. The van der Waals surface area contributed by atoms with Crippen LogP contribution < -0.4 is 10.5 Å². The van der Waals surface area contributed by atoms with Crippen molar-refractivity contribution in [2.24, 2.45) is 0 Å². The fraction of sp³-hybridized carbons (Fsp3) is 0.0769. The Bertz CT molecular complexity index is 690. The molecule has 96 valence electrons. The molecule has 3 N–H and O–H groups in total. The van der Waals surface area contributed by atoms with Crippen LogP contribution in [0.25, 0.3) is 22.1 Å². The minimum atomic E-state index is 0.576. The van der Waals surface area contributed by atoms with E-state index in [-0.39, 0.29) is 0 Å². The van der Waals surface area contributed by atoms with Crippen molar-refractivity contribution >= 4 is 17.0 Å². The largest absolute Gasteiger partial charge is 0.496 e. The Morgan fingerprint density at radius 3 is 2.95 bits per heavy atom. The molecule has 0 aliphatic rings. The van der Waals surface area contributed by atoms with E-state index >= 15 is 0 Å². The number of nitrogens with zero attached hydrogens (tertiary/aromatic N) is 2. The van der Waals surface area contributed by atoms with Crippen LogP contribution in [-0.2, 0) is 0 Å². The lowest BCUT2D eigenvalue weighted by atomic mass is 10.1. The van der Waals surface area contributed by atoms with Crippen molar-refractivity contribution in [3.8, 4) is 27.8 Å². The first kappa shape index (κ1) is 11.7. The van der Waals surface area contributed by atoms with Gasteiger partial charge in [-0.15, -0.1) is 11.3 Å². The summed E-state index contributed by atoms with van der Waals surface area (Å²) >= 11 is 1.61. The number of thiophene rings is 1. The molecule has 5 nitrogen and oxygen atoms in total. The number of hydrogen-bond donors (Lipinski definition) is 2. The van der Waals surface area contributed by atoms with Crippen molar-refractivity contribution in [1.29, 1.82) is 0 Å². The number of nitrogens with one attached hydrogen (secondary N) is 1. The number of rotatable bonds is 3. The molecule has 0 saturated carbocycles. The predicted octanol–water partition coefficient (Wildman–Crippen LogP) is 2.79. The van der Waals surface area contributed by atoms with E-state index in [4.69, 9.17) is 10.5 Å². The Balaban J connectivity index is 2.06. The first-order chi connectivity index (χ1) is 9.28. The first-order valence-electron chi connectivity index (χ1n) is 5.68. The minimum Gasteiger partial charge on any atom is -0.496 e. The third kappa shape index (κ3) is 2.17. The van der Waals surface area contributed by atoms with Gasteiger partial charge in [0, 0.05) is 5.69 Å². The molecule has 2 aromatic heterocycles. The number of nitrogens with two attached hydrogens (primary N) is 1. The van der Waals surface area contributed by atoms with Gasteiger partial charge in [0.2, 0.25) is 0 Å². The third-order valence-corrected chi connectivity index (χ3v) is 3.58. The summed E-state index contributed by atoms with van der Waals surface area (Å²) in [6.45, 7) is 0. The van der Waals surface area contributed by atoms with Crippen LogP contribution in [0.2, 0.25) is 0 Å². The molecule has 3 aromatic rings. The van der Waals surface area contributed by atoms with Crippen LogP contribution in [0, 0.1) is 0 Å².